The van der Waals surface area contributed by atoms with Crippen LogP contribution in [0.2, 0.25) is 0 Å². The molecule has 0 saturated heterocycles. The van der Waals surface area contributed by atoms with Crippen molar-refractivity contribution in [2.75, 3.05) is 13.0 Å². The Balaban J connectivity index is 0.000000362. The summed E-state index contributed by atoms with van der Waals surface area (Å²) in [5, 5.41) is 7.94. The monoisotopic (exact) mass is 287 g/mol. The van der Waals surface area contributed by atoms with Gasteiger partial charge in [0.2, 0.25) is 5.91 Å². The van der Waals surface area contributed by atoms with Crippen LogP contribution >= 0.6 is 11.6 Å². The zero-order chi connectivity index (χ0) is 14.8. The molecule has 0 aromatic heterocycles. The number of carbonyl (C=O) groups excluding carboxylic acids is 2. The average molecular weight is 288 g/mol. The summed E-state index contributed by atoms with van der Waals surface area (Å²) in [4.78, 5) is 30.4. The van der Waals surface area contributed by atoms with E-state index in [1.165, 1.54) is 0 Å². The number of primary amides is 1. The number of amides is 1. The van der Waals surface area contributed by atoms with Crippen LogP contribution in [0.15, 0.2) is 24.3 Å². The molecular weight excluding hydrogens is 274 g/mol. The van der Waals surface area contributed by atoms with E-state index in [0.717, 1.165) is 5.75 Å². The second kappa shape index (κ2) is 8.93. The smallest absolute Gasteiger partial charge is 0.310 e. The lowest BCUT2D eigenvalue weighted by atomic mass is 10.2. The third kappa shape index (κ3) is 7.77. The summed E-state index contributed by atoms with van der Waals surface area (Å²) in [6, 6.07) is 6.64. The molecule has 0 unspecified atom stereocenters. The number of carboxylic acid groups (broad SMARTS) is 1. The molecule has 19 heavy (non-hydrogen) atoms. The highest BCUT2D eigenvalue weighted by atomic mass is 35.5. The van der Waals surface area contributed by atoms with Gasteiger partial charge in [0.1, 0.15) is 12.2 Å². The molecular formula is C12H14ClNO5. The Kier molecular flexibility index (Phi) is 7.95. The second-order valence-electron chi connectivity index (χ2n) is 3.34. The lowest BCUT2D eigenvalue weighted by Gasteiger charge is -1.98. The maximum absolute atomic E-state index is 10.6. The van der Waals surface area contributed by atoms with Gasteiger partial charge in [0.15, 0.2) is 5.78 Å². The molecule has 0 atom stereocenters. The molecule has 0 aliphatic heterocycles. The maximum Gasteiger partial charge on any atom is 0.310 e. The van der Waals surface area contributed by atoms with Gasteiger partial charge in [-0.1, -0.05) is 0 Å². The average Bonchev–Trinajstić information content (AvgIpc) is 2.38. The Morgan fingerprint density at radius 1 is 1.26 bits per heavy atom. The van der Waals surface area contributed by atoms with Crippen LogP contribution in [-0.4, -0.2) is 35.8 Å². The predicted octanol–water partition coefficient (Wildman–Crippen LogP) is 1.06. The SMILES string of the molecule is COc1ccc(C(N)=O)cc1.O=C(O)CC(=O)CCl. The van der Waals surface area contributed by atoms with Crippen molar-refractivity contribution >= 4 is 29.3 Å². The minimum absolute atomic E-state index is 0.216. The first-order valence-electron chi connectivity index (χ1n) is 5.14. The van der Waals surface area contributed by atoms with Gasteiger partial charge >= 0.3 is 5.97 Å². The molecule has 1 rings (SSSR count). The molecule has 0 heterocycles. The molecule has 0 aliphatic rings. The molecule has 1 aromatic rings. The van der Waals surface area contributed by atoms with Crippen molar-refractivity contribution in [1.82, 2.24) is 0 Å². The lowest BCUT2D eigenvalue weighted by molar-refractivity contribution is -0.139. The highest BCUT2D eigenvalue weighted by Gasteiger charge is 2.03. The predicted molar refractivity (Wildman–Crippen MR) is 69.5 cm³/mol. The largest absolute Gasteiger partial charge is 0.497 e. The van der Waals surface area contributed by atoms with Gasteiger partial charge < -0.3 is 15.6 Å². The van der Waals surface area contributed by atoms with Crippen LogP contribution in [0, 0.1) is 0 Å². The molecule has 104 valence electrons. The zero-order valence-corrected chi connectivity index (χ0v) is 11.0. The summed E-state index contributed by atoms with van der Waals surface area (Å²) in [5.74, 6) is -1.51. The molecule has 0 aliphatic carbocycles. The van der Waals surface area contributed by atoms with Crippen molar-refractivity contribution in [2.24, 2.45) is 5.73 Å². The van der Waals surface area contributed by atoms with Crippen molar-refractivity contribution in [3.8, 4) is 5.75 Å². The molecule has 1 amide bonds. The normalized spacial score (nSPS) is 8.95. The van der Waals surface area contributed by atoms with E-state index in [4.69, 9.17) is 27.2 Å². The number of ketones is 1. The van der Waals surface area contributed by atoms with Crippen molar-refractivity contribution in [1.29, 1.82) is 0 Å². The fourth-order valence-electron chi connectivity index (χ4n) is 0.971. The summed E-state index contributed by atoms with van der Waals surface area (Å²) >= 11 is 4.98. The van der Waals surface area contributed by atoms with E-state index >= 15 is 0 Å². The highest BCUT2D eigenvalue weighted by Crippen LogP contribution is 2.10. The molecule has 0 bridgehead atoms. The standard InChI is InChI=1S/C8H9NO2.C4H5ClO3/c1-11-7-4-2-6(3-5-7)8(9)10;5-2-3(6)1-4(7)8/h2-5H,1H3,(H2,9,10);1-2H2,(H,7,8). The number of hydrogen-bond acceptors (Lipinski definition) is 4. The zero-order valence-electron chi connectivity index (χ0n) is 10.3. The van der Waals surface area contributed by atoms with Gasteiger partial charge in [0.25, 0.3) is 0 Å². The number of carboxylic acids is 1. The molecule has 6 nitrogen and oxygen atoms in total. The van der Waals surface area contributed by atoms with Crippen molar-refractivity contribution in [2.45, 2.75) is 6.42 Å². The number of methoxy groups -OCH3 is 1. The van der Waals surface area contributed by atoms with E-state index in [-0.39, 0.29) is 5.88 Å². The van der Waals surface area contributed by atoms with Gasteiger partial charge in [-0.2, -0.15) is 0 Å². The van der Waals surface area contributed by atoms with Crippen LogP contribution in [0.1, 0.15) is 16.8 Å². The first-order chi connectivity index (χ1) is 8.90. The van der Waals surface area contributed by atoms with Crippen LogP contribution < -0.4 is 10.5 Å². The van der Waals surface area contributed by atoms with Crippen molar-refractivity contribution < 1.29 is 24.2 Å². The van der Waals surface area contributed by atoms with Gasteiger partial charge in [-0.05, 0) is 24.3 Å². The Hall–Kier alpha value is -2.08. The van der Waals surface area contributed by atoms with E-state index in [1.807, 2.05) is 0 Å². The summed E-state index contributed by atoms with van der Waals surface area (Å²) in [6.45, 7) is 0. The summed E-state index contributed by atoms with van der Waals surface area (Å²) < 4.78 is 4.90. The van der Waals surface area contributed by atoms with Gasteiger partial charge in [-0.15, -0.1) is 11.6 Å². The van der Waals surface area contributed by atoms with Crippen LogP contribution in [0.25, 0.3) is 0 Å². The molecule has 0 saturated carbocycles. The maximum atomic E-state index is 10.6. The molecule has 7 heteroatoms. The number of ether oxygens (including phenoxy) is 1. The van der Waals surface area contributed by atoms with E-state index in [1.54, 1.807) is 31.4 Å². The fraction of sp³-hybridized carbons (Fsp3) is 0.250. The quantitative estimate of drug-likeness (QED) is 0.622. The van der Waals surface area contributed by atoms with E-state index < -0.39 is 24.1 Å². The van der Waals surface area contributed by atoms with Crippen LogP contribution in [-0.2, 0) is 9.59 Å². The molecule has 1 aromatic carbocycles. The number of rotatable bonds is 5. The van der Waals surface area contributed by atoms with Gasteiger partial charge in [-0.25, -0.2) is 0 Å². The number of carbonyl (C=O) groups is 3. The summed E-state index contributed by atoms with van der Waals surface area (Å²) in [5.41, 5.74) is 5.52. The molecule has 0 spiro atoms. The minimum atomic E-state index is -1.13. The van der Waals surface area contributed by atoms with Crippen LogP contribution in [0.5, 0.6) is 5.75 Å². The summed E-state index contributed by atoms with van der Waals surface area (Å²) in [6.07, 6.45) is -0.469. The van der Waals surface area contributed by atoms with Gasteiger partial charge in [0, 0.05) is 5.56 Å². The third-order valence-electron chi connectivity index (χ3n) is 1.87. The van der Waals surface area contributed by atoms with Gasteiger partial charge in [0.05, 0.1) is 13.0 Å². The first kappa shape index (κ1) is 16.9. The topological polar surface area (TPSA) is 107 Å². The number of Topliss-reactive ketones (excluding diaryl/α,β-unsaturated/α-hetero) is 1. The Labute approximate surface area is 115 Å². The van der Waals surface area contributed by atoms with Crippen LogP contribution in [0.4, 0.5) is 0 Å². The second-order valence-corrected chi connectivity index (χ2v) is 3.60. The summed E-state index contributed by atoms with van der Waals surface area (Å²) in [7, 11) is 1.57. The molecule has 0 fully saturated rings. The fourth-order valence-corrected chi connectivity index (χ4v) is 1.07. The molecule has 3 N–H and O–H groups in total. The van der Waals surface area contributed by atoms with Gasteiger partial charge in [-0.3, -0.25) is 14.4 Å². The Morgan fingerprint density at radius 2 is 1.79 bits per heavy atom. The number of alkyl halides is 1. The lowest BCUT2D eigenvalue weighted by Crippen LogP contribution is -2.10. The van der Waals surface area contributed by atoms with Crippen molar-refractivity contribution in [3.63, 3.8) is 0 Å². The van der Waals surface area contributed by atoms with E-state index in [2.05, 4.69) is 0 Å². The molecule has 0 radical (unpaired) electrons. The Morgan fingerprint density at radius 3 is 2.05 bits per heavy atom. The van der Waals surface area contributed by atoms with Crippen LogP contribution in [0.3, 0.4) is 0 Å². The minimum Gasteiger partial charge on any atom is -0.497 e. The number of halogens is 1. The Bertz CT molecular complexity index is 444. The number of benzene rings is 1. The highest BCUT2D eigenvalue weighted by molar-refractivity contribution is 6.28. The number of nitrogens with two attached hydrogens (primary N) is 1. The first-order valence-corrected chi connectivity index (χ1v) is 5.67. The number of hydrogen-bond donors (Lipinski definition) is 2. The number of aliphatic carboxylic acids is 1. The third-order valence-corrected chi connectivity index (χ3v) is 2.17. The van der Waals surface area contributed by atoms with E-state index in [9.17, 15) is 14.4 Å². The van der Waals surface area contributed by atoms with E-state index in [0.29, 0.717) is 5.56 Å². The van der Waals surface area contributed by atoms with Crippen molar-refractivity contribution in [3.05, 3.63) is 29.8 Å².